The summed E-state index contributed by atoms with van der Waals surface area (Å²) >= 11 is 0. The van der Waals surface area contributed by atoms with Crippen molar-refractivity contribution in [1.29, 1.82) is 0 Å². The van der Waals surface area contributed by atoms with Crippen molar-refractivity contribution in [2.24, 2.45) is 0 Å². The summed E-state index contributed by atoms with van der Waals surface area (Å²) in [4.78, 5) is 24.1. The first-order valence-corrected chi connectivity index (χ1v) is 5.55. The summed E-state index contributed by atoms with van der Waals surface area (Å²) in [6, 6.07) is 8.86. The molecule has 94 valence electrons. The third-order valence-electron chi connectivity index (χ3n) is 2.63. The summed E-state index contributed by atoms with van der Waals surface area (Å²) in [6.45, 7) is 0. The van der Waals surface area contributed by atoms with Crippen LogP contribution in [0.2, 0.25) is 0 Å². The number of carbonyl (C=O) groups is 1. The van der Waals surface area contributed by atoms with Crippen molar-refractivity contribution in [2.45, 2.75) is 0 Å². The molecule has 0 spiro atoms. The molecule has 0 fully saturated rings. The van der Waals surface area contributed by atoms with E-state index < -0.39 is 0 Å². The number of nitrogens with zero attached hydrogens (tertiary/aromatic N) is 4. The molecule has 0 saturated carbocycles. The van der Waals surface area contributed by atoms with E-state index >= 15 is 0 Å². The molecule has 0 atom stereocenters. The average molecular weight is 254 g/mol. The van der Waals surface area contributed by atoms with E-state index in [9.17, 15) is 4.79 Å². The van der Waals surface area contributed by atoms with Crippen LogP contribution in [-0.2, 0) is 0 Å². The number of fused-ring (bicyclic) bond motifs is 1. The first-order valence-electron chi connectivity index (χ1n) is 5.55. The fourth-order valence-corrected chi connectivity index (χ4v) is 1.71. The van der Waals surface area contributed by atoms with Gasteiger partial charge >= 0.3 is 0 Å². The van der Waals surface area contributed by atoms with Gasteiger partial charge in [-0.3, -0.25) is 4.79 Å². The molecule has 0 radical (unpaired) electrons. The number of anilines is 1. The van der Waals surface area contributed by atoms with Crippen LogP contribution >= 0.6 is 0 Å². The lowest BCUT2D eigenvalue weighted by atomic mass is 10.2. The number of hydrogen-bond donors (Lipinski definition) is 2. The summed E-state index contributed by atoms with van der Waals surface area (Å²) in [5, 5.41) is 2.69. The third-order valence-corrected chi connectivity index (χ3v) is 2.63. The molecule has 0 aliphatic rings. The third kappa shape index (κ3) is 1.97. The van der Waals surface area contributed by atoms with Crippen molar-refractivity contribution in [1.82, 2.24) is 19.6 Å². The molecular weight excluding hydrogens is 244 g/mol. The van der Waals surface area contributed by atoms with Crippen LogP contribution in [-0.4, -0.2) is 25.5 Å². The molecule has 0 bridgehead atoms. The molecular formula is C12H10N6O. The second-order valence-corrected chi connectivity index (χ2v) is 3.87. The van der Waals surface area contributed by atoms with Crippen molar-refractivity contribution in [3.63, 3.8) is 0 Å². The Bertz CT molecular complexity index is 736. The zero-order chi connectivity index (χ0) is 13.2. The van der Waals surface area contributed by atoms with Gasteiger partial charge in [0.2, 0.25) is 0 Å². The van der Waals surface area contributed by atoms with E-state index in [4.69, 9.17) is 5.84 Å². The van der Waals surface area contributed by atoms with Crippen LogP contribution in [0.5, 0.6) is 0 Å². The van der Waals surface area contributed by atoms with Gasteiger partial charge in [0, 0.05) is 5.56 Å². The van der Waals surface area contributed by atoms with Crippen LogP contribution in [0.15, 0.2) is 43.0 Å². The maximum absolute atomic E-state index is 12.0. The first kappa shape index (κ1) is 11.1. The zero-order valence-electron chi connectivity index (χ0n) is 9.82. The minimum absolute atomic E-state index is 0.257. The fraction of sp³-hybridized carbons (Fsp3) is 0. The average Bonchev–Trinajstić information content (AvgIpc) is 2.83. The molecule has 0 saturated heterocycles. The van der Waals surface area contributed by atoms with Crippen LogP contribution in [0.1, 0.15) is 10.4 Å². The lowest BCUT2D eigenvalue weighted by Crippen LogP contribution is -2.14. The van der Waals surface area contributed by atoms with Gasteiger partial charge in [0.05, 0.1) is 0 Å². The van der Waals surface area contributed by atoms with Gasteiger partial charge in [0.15, 0.2) is 17.0 Å². The number of imidazole rings is 1. The lowest BCUT2D eigenvalue weighted by molar-refractivity contribution is 0.102. The number of benzene rings is 1. The van der Waals surface area contributed by atoms with Gasteiger partial charge < -0.3 is 11.2 Å². The number of carbonyl (C=O) groups excluding carboxylic acids is 1. The maximum Gasteiger partial charge on any atom is 0.256 e. The minimum atomic E-state index is -0.257. The van der Waals surface area contributed by atoms with Crippen LogP contribution in [0.25, 0.3) is 11.2 Å². The van der Waals surface area contributed by atoms with E-state index in [2.05, 4.69) is 20.3 Å². The van der Waals surface area contributed by atoms with Crippen molar-refractivity contribution in [3.8, 4) is 0 Å². The number of amides is 1. The Kier molecular flexibility index (Phi) is 2.57. The molecule has 2 heterocycles. The molecule has 0 aliphatic carbocycles. The Balaban J connectivity index is 1.96. The number of nitrogen functional groups attached to an aromatic ring is 1. The highest BCUT2D eigenvalue weighted by atomic mass is 16.1. The van der Waals surface area contributed by atoms with Gasteiger partial charge in [0.1, 0.15) is 12.7 Å². The zero-order valence-corrected chi connectivity index (χ0v) is 9.82. The standard InChI is InChI=1S/C12H10N6O/c13-18-7-16-9-10(14-6-15-11(9)18)17-12(19)8-4-2-1-3-5-8/h1-7H,13H2,(H,14,15,17,19). The highest BCUT2D eigenvalue weighted by molar-refractivity contribution is 6.06. The normalized spacial score (nSPS) is 10.5. The number of aromatic nitrogens is 4. The van der Waals surface area contributed by atoms with Crippen LogP contribution in [0, 0.1) is 0 Å². The van der Waals surface area contributed by atoms with Gasteiger partial charge in [0.25, 0.3) is 5.91 Å². The Morgan fingerprint density at radius 2 is 1.95 bits per heavy atom. The SMILES string of the molecule is Nn1cnc2c(NC(=O)c3ccccc3)ncnc21. The van der Waals surface area contributed by atoms with E-state index in [-0.39, 0.29) is 5.91 Å². The Morgan fingerprint density at radius 1 is 1.16 bits per heavy atom. The van der Waals surface area contributed by atoms with Crippen molar-refractivity contribution >= 4 is 22.9 Å². The van der Waals surface area contributed by atoms with Gasteiger partial charge in [-0.2, -0.15) is 0 Å². The fourth-order valence-electron chi connectivity index (χ4n) is 1.71. The highest BCUT2D eigenvalue weighted by Gasteiger charge is 2.12. The molecule has 7 heteroatoms. The second-order valence-electron chi connectivity index (χ2n) is 3.87. The quantitative estimate of drug-likeness (QED) is 0.659. The van der Waals surface area contributed by atoms with Crippen molar-refractivity contribution in [3.05, 3.63) is 48.5 Å². The van der Waals surface area contributed by atoms with Gasteiger partial charge in [-0.05, 0) is 12.1 Å². The molecule has 1 amide bonds. The van der Waals surface area contributed by atoms with Crippen molar-refractivity contribution < 1.29 is 4.79 Å². The Morgan fingerprint density at radius 3 is 2.74 bits per heavy atom. The molecule has 3 aromatic rings. The van der Waals surface area contributed by atoms with Crippen LogP contribution < -0.4 is 11.2 Å². The van der Waals surface area contributed by atoms with E-state index in [0.29, 0.717) is 22.5 Å². The first-order chi connectivity index (χ1) is 9.25. The van der Waals surface area contributed by atoms with Crippen molar-refractivity contribution in [2.75, 3.05) is 11.2 Å². The number of hydrogen-bond acceptors (Lipinski definition) is 5. The van der Waals surface area contributed by atoms with E-state index in [1.54, 1.807) is 24.3 Å². The number of rotatable bonds is 2. The smallest absolute Gasteiger partial charge is 0.256 e. The van der Waals surface area contributed by atoms with E-state index in [0.717, 1.165) is 0 Å². The molecule has 3 rings (SSSR count). The molecule has 2 aromatic heterocycles. The molecule has 0 aliphatic heterocycles. The predicted molar refractivity (Wildman–Crippen MR) is 69.9 cm³/mol. The topological polar surface area (TPSA) is 98.7 Å². The number of nitrogens with one attached hydrogen (secondary N) is 1. The monoisotopic (exact) mass is 254 g/mol. The second kappa shape index (κ2) is 4.37. The maximum atomic E-state index is 12.0. The molecule has 1 aromatic carbocycles. The summed E-state index contributed by atoms with van der Waals surface area (Å²) < 4.78 is 1.27. The van der Waals surface area contributed by atoms with Gasteiger partial charge in [-0.1, -0.05) is 18.2 Å². The Hall–Kier alpha value is -2.96. The molecule has 7 nitrogen and oxygen atoms in total. The van der Waals surface area contributed by atoms with Gasteiger partial charge in [-0.25, -0.2) is 19.6 Å². The van der Waals surface area contributed by atoms with Crippen LogP contribution in [0.4, 0.5) is 5.82 Å². The highest BCUT2D eigenvalue weighted by Crippen LogP contribution is 2.16. The predicted octanol–water partition coefficient (Wildman–Crippen LogP) is 0.792. The summed E-state index contributed by atoms with van der Waals surface area (Å²) in [5.74, 6) is 5.72. The Labute approximate surface area is 108 Å². The summed E-state index contributed by atoms with van der Waals surface area (Å²) in [6.07, 6.45) is 2.74. The minimum Gasteiger partial charge on any atom is -0.336 e. The largest absolute Gasteiger partial charge is 0.336 e. The number of nitrogens with two attached hydrogens (primary N) is 1. The van der Waals surface area contributed by atoms with E-state index in [1.165, 1.54) is 17.3 Å². The van der Waals surface area contributed by atoms with E-state index in [1.807, 2.05) is 6.07 Å². The summed E-state index contributed by atoms with van der Waals surface area (Å²) in [5.41, 5.74) is 1.45. The van der Waals surface area contributed by atoms with Crippen LogP contribution in [0.3, 0.4) is 0 Å². The molecule has 19 heavy (non-hydrogen) atoms. The summed E-state index contributed by atoms with van der Waals surface area (Å²) in [7, 11) is 0. The molecule has 3 N–H and O–H groups in total. The lowest BCUT2D eigenvalue weighted by Gasteiger charge is -2.04. The van der Waals surface area contributed by atoms with Gasteiger partial charge in [-0.15, -0.1) is 0 Å². The molecule has 0 unspecified atom stereocenters.